The molecule has 2 aliphatic carbocycles. The van der Waals surface area contributed by atoms with Gasteiger partial charge in [0.15, 0.2) is 0 Å². The molecule has 0 spiro atoms. The molecule has 0 radical (unpaired) electrons. The number of fused-ring (bicyclic) bond motifs is 6. The topological polar surface area (TPSA) is 0 Å². The van der Waals surface area contributed by atoms with Crippen LogP contribution in [-0.4, -0.2) is 0 Å². The Bertz CT molecular complexity index is 1520. The Morgan fingerprint density at radius 2 is 0.640 bits per heavy atom. The summed E-state index contributed by atoms with van der Waals surface area (Å²) in [6.45, 7) is 9.34. The maximum atomic E-state index is 2.57. The van der Waals surface area contributed by atoms with Crippen molar-refractivity contribution >= 4 is 0 Å². The minimum Gasteiger partial charge on any atom is -0.0654 e. The van der Waals surface area contributed by atoms with E-state index >= 15 is 0 Å². The van der Waals surface area contributed by atoms with Crippen molar-refractivity contribution in [2.24, 2.45) is 0 Å². The van der Waals surface area contributed by atoms with Crippen LogP contribution >= 0.6 is 0 Å². The van der Waals surface area contributed by atoms with Gasteiger partial charge in [-0.05, 0) is 93.5 Å². The van der Waals surface area contributed by atoms with Crippen molar-refractivity contribution in [2.45, 2.75) is 167 Å². The predicted molar refractivity (Wildman–Crippen MR) is 219 cm³/mol. The summed E-state index contributed by atoms with van der Waals surface area (Å²) in [5, 5.41) is 0. The molecule has 0 amide bonds. The first-order chi connectivity index (χ1) is 24.6. The molecule has 4 aromatic carbocycles. The zero-order chi connectivity index (χ0) is 34.8. The number of benzene rings is 4. The van der Waals surface area contributed by atoms with Gasteiger partial charge in [-0.3, -0.25) is 0 Å². The molecule has 6 rings (SSSR count). The smallest absolute Gasteiger partial charge is 0.0215 e. The summed E-state index contributed by atoms with van der Waals surface area (Å²) in [7, 11) is 0. The molecule has 0 aliphatic heterocycles. The molecular weight excluding hydrogens is 601 g/mol. The van der Waals surface area contributed by atoms with Crippen LogP contribution in [0.1, 0.15) is 178 Å². The van der Waals surface area contributed by atoms with E-state index in [1.165, 1.54) is 162 Å². The molecule has 0 nitrogen and oxygen atoms in total. The third-order valence-corrected chi connectivity index (χ3v) is 12.7. The lowest BCUT2D eigenvalue weighted by Gasteiger charge is -2.33. The molecule has 0 heterocycles. The average molecular weight is 667 g/mol. The highest BCUT2D eigenvalue weighted by Crippen LogP contribution is 2.57. The standard InChI is InChI=1S/C50H66/c1-5-9-13-21-33-49(34-22-14-10-6-2)45-27-19-17-25-41(45)43-37-39(29-31-47(43)49)40-30-32-48-44(38-40)42-26-18-20-28-46(42)50(48,35-23-15-11-7-3)36-24-16-12-8-4/h17-20,25-32,37-38H,5-16,21-24,33-36H2,1-4H3. The van der Waals surface area contributed by atoms with Gasteiger partial charge in [0, 0.05) is 10.8 Å². The van der Waals surface area contributed by atoms with Gasteiger partial charge >= 0.3 is 0 Å². The highest BCUT2D eigenvalue weighted by Gasteiger charge is 2.43. The molecule has 0 atom stereocenters. The molecule has 0 saturated heterocycles. The summed E-state index contributed by atoms with van der Waals surface area (Å²) in [5.41, 5.74) is 15.4. The minimum atomic E-state index is 0.151. The first-order valence-corrected chi connectivity index (χ1v) is 21.1. The molecule has 4 aromatic rings. The molecule has 0 unspecified atom stereocenters. The van der Waals surface area contributed by atoms with Crippen molar-refractivity contribution in [3.63, 3.8) is 0 Å². The monoisotopic (exact) mass is 667 g/mol. The summed E-state index contributed by atoms with van der Waals surface area (Å²) in [6, 6.07) is 34.1. The van der Waals surface area contributed by atoms with Crippen LogP contribution in [0.15, 0.2) is 84.9 Å². The van der Waals surface area contributed by atoms with Gasteiger partial charge < -0.3 is 0 Å². The molecule has 266 valence electrons. The van der Waals surface area contributed by atoms with Gasteiger partial charge in [0.25, 0.3) is 0 Å². The van der Waals surface area contributed by atoms with Crippen LogP contribution in [0.2, 0.25) is 0 Å². The fourth-order valence-electron chi connectivity index (χ4n) is 10.0. The van der Waals surface area contributed by atoms with Gasteiger partial charge in [-0.2, -0.15) is 0 Å². The lowest BCUT2D eigenvalue weighted by atomic mass is 9.70. The molecular formula is C50H66. The second kappa shape index (κ2) is 17.4. The second-order valence-corrected chi connectivity index (χ2v) is 16.0. The first-order valence-electron chi connectivity index (χ1n) is 21.1. The van der Waals surface area contributed by atoms with Crippen LogP contribution in [0, 0.1) is 0 Å². The number of hydrogen-bond acceptors (Lipinski definition) is 0. The van der Waals surface area contributed by atoms with Crippen molar-refractivity contribution in [3.05, 3.63) is 107 Å². The van der Waals surface area contributed by atoms with E-state index < -0.39 is 0 Å². The van der Waals surface area contributed by atoms with Crippen LogP contribution in [0.4, 0.5) is 0 Å². The van der Waals surface area contributed by atoms with E-state index in [4.69, 9.17) is 0 Å². The normalized spacial score (nSPS) is 14.7. The summed E-state index contributed by atoms with van der Waals surface area (Å²) in [6.07, 6.45) is 26.3. The fourth-order valence-corrected chi connectivity index (χ4v) is 10.0. The van der Waals surface area contributed by atoms with Crippen LogP contribution in [-0.2, 0) is 10.8 Å². The zero-order valence-corrected chi connectivity index (χ0v) is 32.2. The average Bonchev–Trinajstić information content (AvgIpc) is 3.59. The highest BCUT2D eigenvalue weighted by molar-refractivity contribution is 5.88. The van der Waals surface area contributed by atoms with Gasteiger partial charge in [-0.25, -0.2) is 0 Å². The predicted octanol–water partition coefficient (Wildman–Crippen LogP) is 15.8. The molecule has 0 heteroatoms. The lowest BCUT2D eigenvalue weighted by molar-refractivity contribution is 0.401. The Morgan fingerprint density at radius 3 is 0.980 bits per heavy atom. The highest BCUT2D eigenvalue weighted by atomic mass is 14.5. The Balaban J connectivity index is 1.39. The number of rotatable bonds is 21. The van der Waals surface area contributed by atoms with Crippen molar-refractivity contribution in [3.8, 4) is 33.4 Å². The van der Waals surface area contributed by atoms with Crippen molar-refractivity contribution < 1.29 is 0 Å². The summed E-state index contributed by atoms with van der Waals surface area (Å²) in [4.78, 5) is 0. The SMILES string of the molecule is CCCCCCC1(CCCCCC)c2ccccc2-c2cc(-c3ccc4c(c3)-c3ccccc3C4(CCCCCC)CCCCCC)ccc21. The summed E-state index contributed by atoms with van der Waals surface area (Å²) < 4.78 is 0. The van der Waals surface area contributed by atoms with Crippen LogP contribution in [0.25, 0.3) is 33.4 Å². The van der Waals surface area contributed by atoms with E-state index in [9.17, 15) is 0 Å². The fraction of sp³-hybridized carbons (Fsp3) is 0.520. The number of unbranched alkanes of at least 4 members (excludes halogenated alkanes) is 12. The first kappa shape index (κ1) is 36.7. The molecule has 0 fully saturated rings. The Labute approximate surface area is 306 Å². The van der Waals surface area contributed by atoms with Crippen molar-refractivity contribution in [2.75, 3.05) is 0 Å². The third kappa shape index (κ3) is 7.29. The van der Waals surface area contributed by atoms with Gasteiger partial charge in [0.2, 0.25) is 0 Å². The van der Waals surface area contributed by atoms with E-state index in [1.54, 1.807) is 22.3 Å². The largest absolute Gasteiger partial charge is 0.0654 e. The minimum absolute atomic E-state index is 0.151. The molecule has 0 bridgehead atoms. The molecule has 0 saturated carbocycles. The summed E-state index contributed by atoms with van der Waals surface area (Å²) >= 11 is 0. The zero-order valence-electron chi connectivity index (χ0n) is 32.2. The van der Waals surface area contributed by atoms with E-state index in [1.807, 2.05) is 0 Å². The van der Waals surface area contributed by atoms with Crippen molar-refractivity contribution in [1.82, 2.24) is 0 Å². The van der Waals surface area contributed by atoms with E-state index in [0.29, 0.717) is 0 Å². The van der Waals surface area contributed by atoms with Crippen LogP contribution in [0.5, 0.6) is 0 Å². The van der Waals surface area contributed by atoms with E-state index in [0.717, 1.165) is 0 Å². The maximum Gasteiger partial charge on any atom is 0.0215 e. The van der Waals surface area contributed by atoms with Gasteiger partial charge in [0.1, 0.15) is 0 Å². The van der Waals surface area contributed by atoms with Gasteiger partial charge in [-0.15, -0.1) is 0 Å². The summed E-state index contributed by atoms with van der Waals surface area (Å²) in [5.74, 6) is 0. The molecule has 2 aliphatic rings. The second-order valence-electron chi connectivity index (χ2n) is 16.0. The van der Waals surface area contributed by atoms with Gasteiger partial charge in [-0.1, -0.05) is 203 Å². The number of hydrogen-bond donors (Lipinski definition) is 0. The van der Waals surface area contributed by atoms with Crippen molar-refractivity contribution in [1.29, 1.82) is 0 Å². The Morgan fingerprint density at radius 1 is 0.320 bits per heavy atom. The van der Waals surface area contributed by atoms with Crippen LogP contribution in [0.3, 0.4) is 0 Å². The van der Waals surface area contributed by atoms with E-state index in [-0.39, 0.29) is 10.8 Å². The molecule has 50 heavy (non-hydrogen) atoms. The Kier molecular flexibility index (Phi) is 12.8. The molecule has 0 N–H and O–H groups in total. The Hall–Kier alpha value is -3.12. The third-order valence-electron chi connectivity index (χ3n) is 12.7. The quantitative estimate of drug-likeness (QED) is 0.0776. The van der Waals surface area contributed by atoms with Gasteiger partial charge in [0.05, 0.1) is 0 Å². The maximum absolute atomic E-state index is 2.57. The van der Waals surface area contributed by atoms with E-state index in [2.05, 4.69) is 113 Å². The molecule has 0 aromatic heterocycles. The van der Waals surface area contributed by atoms with Crippen LogP contribution < -0.4 is 0 Å². The lowest BCUT2D eigenvalue weighted by Crippen LogP contribution is -2.25.